The Bertz CT molecular complexity index is 399. The summed E-state index contributed by atoms with van der Waals surface area (Å²) in [6, 6.07) is 1.96. The first-order valence-corrected chi connectivity index (χ1v) is 4.38. The zero-order valence-electron chi connectivity index (χ0n) is 7.39. The van der Waals surface area contributed by atoms with E-state index in [4.69, 9.17) is 5.73 Å². The Morgan fingerprint density at radius 1 is 1.29 bits per heavy atom. The molecule has 0 bridgehead atoms. The molecule has 1 aromatic rings. The highest BCUT2D eigenvalue weighted by atomic mass is 19.1. The molecular formula is C10H9F2NO. The molecule has 0 aliphatic heterocycles. The predicted octanol–water partition coefficient (Wildman–Crippen LogP) is 1.94. The van der Waals surface area contributed by atoms with E-state index < -0.39 is 17.5 Å². The number of carbonyl (C=O) groups excluding carboxylic acids is 1. The van der Waals surface area contributed by atoms with Gasteiger partial charge in [0.2, 0.25) is 0 Å². The molecule has 1 fully saturated rings. The molecule has 0 spiro atoms. The Morgan fingerprint density at radius 2 is 1.93 bits per heavy atom. The maximum absolute atomic E-state index is 13.3. The number of amides is 1. The van der Waals surface area contributed by atoms with Crippen molar-refractivity contribution >= 4 is 5.91 Å². The average molecular weight is 197 g/mol. The summed E-state index contributed by atoms with van der Waals surface area (Å²) in [5.41, 5.74) is 4.85. The topological polar surface area (TPSA) is 43.1 Å². The fourth-order valence-electron chi connectivity index (χ4n) is 1.46. The van der Waals surface area contributed by atoms with Gasteiger partial charge >= 0.3 is 0 Å². The summed E-state index contributed by atoms with van der Waals surface area (Å²) >= 11 is 0. The first-order chi connectivity index (χ1) is 6.59. The molecular weight excluding hydrogens is 188 g/mol. The molecule has 2 N–H and O–H groups in total. The van der Waals surface area contributed by atoms with E-state index in [2.05, 4.69) is 0 Å². The smallest absolute Gasteiger partial charge is 0.251 e. The van der Waals surface area contributed by atoms with E-state index in [9.17, 15) is 13.6 Å². The lowest BCUT2D eigenvalue weighted by atomic mass is 10.1. The van der Waals surface area contributed by atoms with Gasteiger partial charge in [-0.15, -0.1) is 0 Å². The van der Waals surface area contributed by atoms with Crippen LogP contribution in [0.15, 0.2) is 12.1 Å². The van der Waals surface area contributed by atoms with E-state index in [0.29, 0.717) is 5.56 Å². The van der Waals surface area contributed by atoms with Gasteiger partial charge in [-0.2, -0.15) is 0 Å². The summed E-state index contributed by atoms with van der Waals surface area (Å²) < 4.78 is 26.5. The molecule has 74 valence electrons. The lowest BCUT2D eigenvalue weighted by Crippen LogP contribution is -2.14. The van der Waals surface area contributed by atoms with Gasteiger partial charge in [0.05, 0.1) is 5.56 Å². The number of primary amides is 1. The van der Waals surface area contributed by atoms with Crippen LogP contribution in [0.5, 0.6) is 0 Å². The first-order valence-electron chi connectivity index (χ1n) is 4.38. The molecule has 1 aliphatic carbocycles. The van der Waals surface area contributed by atoms with Crippen molar-refractivity contribution in [2.24, 2.45) is 5.73 Å². The molecule has 0 atom stereocenters. The molecule has 2 rings (SSSR count). The fourth-order valence-corrected chi connectivity index (χ4v) is 1.46. The van der Waals surface area contributed by atoms with Gasteiger partial charge in [-0.05, 0) is 36.5 Å². The highest BCUT2D eigenvalue weighted by molar-refractivity contribution is 5.93. The van der Waals surface area contributed by atoms with Gasteiger partial charge in [-0.3, -0.25) is 4.79 Å². The zero-order valence-corrected chi connectivity index (χ0v) is 7.39. The van der Waals surface area contributed by atoms with Crippen molar-refractivity contribution in [2.45, 2.75) is 18.8 Å². The van der Waals surface area contributed by atoms with E-state index in [0.717, 1.165) is 25.0 Å². The third-order valence-corrected chi connectivity index (χ3v) is 2.37. The number of hydrogen-bond donors (Lipinski definition) is 1. The summed E-state index contributed by atoms with van der Waals surface area (Å²) in [6.45, 7) is 0. The minimum absolute atomic E-state index is 0.117. The third-order valence-electron chi connectivity index (χ3n) is 2.37. The van der Waals surface area contributed by atoms with Gasteiger partial charge in [-0.25, -0.2) is 8.78 Å². The van der Waals surface area contributed by atoms with Gasteiger partial charge < -0.3 is 5.73 Å². The Morgan fingerprint density at radius 3 is 2.43 bits per heavy atom. The lowest BCUT2D eigenvalue weighted by molar-refractivity contribution is 0.0996. The van der Waals surface area contributed by atoms with Crippen molar-refractivity contribution in [1.82, 2.24) is 0 Å². The van der Waals surface area contributed by atoms with E-state index >= 15 is 0 Å². The quantitative estimate of drug-likeness (QED) is 0.773. The zero-order chi connectivity index (χ0) is 10.3. The van der Waals surface area contributed by atoms with Crippen molar-refractivity contribution in [2.75, 3.05) is 0 Å². The Hall–Kier alpha value is -1.45. The molecule has 1 saturated carbocycles. The Labute approximate surface area is 79.7 Å². The van der Waals surface area contributed by atoms with Crippen molar-refractivity contribution in [3.63, 3.8) is 0 Å². The first kappa shape index (κ1) is 9.12. The van der Waals surface area contributed by atoms with Gasteiger partial charge in [0.25, 0.3) is 5.91 Å². The molecule has 0 radical (unpaired) electrons. The Kier molecular flexibility index (Phi) is 1.98. The van der Waals surface area contributed by atoms with Crippen LogP contribution in [0.1, 0.15) is 34.7 Å². The molecule has 2 nitrogen and oxygen atoms in total. The molecule has 1 aliphatic rings. The van der Waals surface area contributed by atoms with Crippen LogP contribution in [0.3, 0.4) is 0 Å². The number of nitrogens with two attached hydrogens (primary N) is 1. The number of rotatable bonds is 2. The molecule has 1 amide bonds. The fraction of sp³-hybridized carbons (Fsp3) is 0.300. The van der Waals surface area contributed by atoms with E-state index in [-0.39, 0.29) is 11.5 Å². The van der Waals surface area contributed by atoms with E-state index in [1.54, 1.807) is 0 Å². The minimum atomic E-state index is -0.941. The SMILES string of the molecule is NC(=O)c1cc(F)c(C2CC2)cc1F. The van der Waals surface area contributed by atoms with Crippen molar-refractivity contribution < 1.29 is 13.6 Å². The number of carbonyl (C=O) groups is 1. The van der Waals surface area contributed by atoms with Gasteiger partial charge in [-0.1, -0.05) is 0 Å². The minimum Gasteiger partial charge on any atom is -0.366 e. The number of benzene rings is 1. The molecule has 14 heavy (non-hydrogen) atoms. The van der Waals surface area contributed by atoms with E-state index in [1.165, 1.54) is 0 Å². The van der Waals surface area contributed by atoms with Crippen molar-refractivity contribution in [3.8, 4) is 0 Å². The maximum Gasteiger partial charge on any atom is 0.251 e. The Balaban J connectivity index is 2.48. The second kappa shape index (κ2) is 3.04. The van der Waals surface area contributed by atoms with E-state index in [1.807, 2.05) is 0 Å². The largest absolute Gasteiger partial charge is 0.366 e. The highest BCUT2D eigenvalue weighted by Crippen LogP contribution is 2.41. The van der Waals surface area contributed by atoms with Crippen LogP contribution in [-0.2, 0) is 0 Å². The maximum atomic E-state index is 13.3. The predicted molar refractivity (Wildman–Crippen MR) is 46.9 cm³/mol. The van der Waals surface area contributed by atoms with Crippen molar-refractivity contribution in [3.05, 3.63) is 34.9 Å². The monoisotopic (exact) mass is 197 g/mol. The van der Waals surface area contributed by atoms with Crippen LogP contribution in [0, 0.1) is 11.6 Å². The molecule has 0 heterocycles. The van der Waals surface area contributed by atoms with Crippen LogP contribution in [0.4, 0.5) is 8.78 Å². The van der Waals surface area contributed by atoms with Crippen LogP contribution in [-0.4, -0.2) is 5.91 Å². The molecule has 4 heteroatoms. The summed E-state index contributed by atoms with van der Waals surface area (Å²) in [6.07, 6.45) is 1.76. The molecule has 1 aromatic carbocycles. The van der Waals surface area contributed by atoms with Crippen molar-refractivity contribution in [1.29, 1.82) is 0 Å². The molecule has 0 unspecified atom stereocenters. The van der Waals surface area contributed by atoms with Crippen LogP contribution in [0.25, 0.3) is 0 Å². The van der Waals surface area contributed by atoms with Gasteiger partial charge in [0.15, 0.2) is 0 Å². The molecule has 0 aromatic heterocycles. The molecule has 0 saturated heterocycles. The number of halogens is 2. The average Bonchev–Trinajstić information content (AvgIpc) is 2.91. The van der Waals surface area contributed by atoms with Gasteiger partial charge in [0, 0.05) is 0 Å². The second-order valence-electron chi connectivity index (χ2n) is 3.49. The summed E-state index contributed by atoms with van der Waals surface area (Å²) in [7, 11) is 0. The normalized spacial score (nSPS) is 15.6. The second-order valence-corrected chi connectivity index (χ2v) is 3.49. The summed E-state index contributed by atoms with van der Waals surface area (Å²) in [5.74, 6) is -2.10. The van der Waals surface area contributed by atoms with Crippen LogP contribution in [0.2, 0.25) is 0 Å². The van der Waals surface area contributed by atoms with Gasteiger partial charge in [0.1, 0.15) is 11.6 Å². The van der Waals surface area contributed by atoms with Crippen LogP contribution < -0.4 is 5.73 Å². The third kappa shape index (κ3) is 1.47. The van der Waals surface area contributed by atoms with Crippen LogP contribution >= 0.6 is 0 Å². The number of hydrogen-bond acceptors (Lipinski definition) is 1. The summed E-state index contributed by atoms with van der Waals surface area (Å²) in [4.78, 5) is 10.7. The highest BCUT2D eigenvalue weighted by Gasteiger charge is 2.28. The summed E-state index contributed by atoms with van der Waals surface area (Å²) in [5, 5.41) is 0. The standard InChI is InChI=1S/C10H9F2NO/c11-8-4-7(10(13)14)9(12)3-6(8)5-1-2-5/h3-5H,1-2H2,(H2,13,14). The lowest BCUT2D eigenvalue weighted by Gasteiger charge is -2.04.